The Kier molecular flexibility index (Phi) is 7.53. The molecule has 1 aromatic carbocycles. The highest BCUT2D eigenvalue weighted by molar-refractivity contribution is 6.01. The monoisotopic (exact) mass is 455 g/mol. The summed E-state index contributed by atoms with van der Waals surface area (Å²) in [6.07, 6.45) is 0.824. The maximum atomic E-state index is 13.1. The number of fused-ring (bicyclic) bond motifs is 1. The van der Waals surface area contributed by atoms with Crippen LogP contribution < -0.4 is 10.6 Å². The maximum absolute atomic E-state index is 13.1. The summed E-state index contributed by atoms with van der Waals surface area (Å²) in [5.74, 6) is -0.996. The van der Waals surface area contributed by atoms with Crippen molar-refractivity contribution in [3.05, 3.63) is 52.8 Å². The molecule has 0 radical (unpaired) electrons. The zero-order valence-corrected chi connectivity index (χ0v) is 20.0. The number of aryl methyl sites for hydroxylation is 1. The van der Waals surface area contributed by atoms with Crippen LogP contribution in [-0.4, -0.2) is 64.2 Å². The minimum atomic E-state index is -1.14. The lowest BCUT2D eigenvalue weighted by Gasteiger charge is -2.40. The number of benzene rings is 1. The number of likely N-dealkylation sites (N-methyl/N-ethyl adjacent to an activating group) is 1. The average Bonchev–Trinajstić information content (AvgIpc) is 3.20. The van der Waals surface area contributed by atoms with Crippen molar-refractivity contribution in [2.45, 2.75) is 58.8 Å². The number of nitrogens with one attached hydrogen (secondary N) is 2. The van der Waals surface area contributed by atoms with Gasteiger partial charge < -0.3 is 20.3 Å². The molecule has 0 unspecified atom stereocenters. The highest BCUT2D eigenvalue weighted by Crippen LogP contribution is 2.26. The van der Waals surface area contributed by atoms with E-state index in [4.69, 9.17) is 4.74 Å². The lowest BCUT2D eigenvalue weighted by atomic mass is 9.95. The van der Waals surface area contributed by atoms with E-state index < -0.39 is 5.54 Å². The Hall–Kier alpha value is -3.20. The Bertz CT molecular complexity index is 1010. The molecule has 0 fully saturated rings. The van der Waals surface area contributed by atoms with E-state index in [1.54, 1.807) is 14.0 Å². The quantitative estimate of drug-likeness (QED) is 0.562. The fourth-order valence-corrected chi connectivity index (χ4v) is 3.60. The summed E-state index contributed by atoms with van der Waals surface area (Å²) in [5.41, 5.74) is 1.42. The molecule has 33 heavy (non-hydrogen) atoms. The predicted octanol–water partition coefficient (Wildman–Crippen LogP) is 1.90. The highest BCUT2D eigenvalue weighted by Gasteiger charge is 2.46. The van der Waals surface area contributed by atoms with Crippen LogP contribution >= 0.6 is 0 Å². The molecule has 9 heteroatoms. The highest BCUT2D eigenvalue weighted by atomic mass is 16.5. The molecule has 0 saturated heterocycles. The Balaban J connectivity index is 1.65. The number of hydrogen-bond donors (Lipinski definition) is 2. The summed E-state index contributed by atoms with van der Waals surface area (Å²) in [7, 11) is 1.60. The van der Waals surface area contributed by atoms with Gasteiger partial charge in [-0.25, -0.2) is 0 Å². The van der Waals surface area contributed by atoms with Gasteiger partial charge >= 0.3 is 0 Å². The molecule has 1 aromatic heterocycles. The van der Waals surface area contributed by atoms with Crippen LogP contribution in [0.25, 0.3) is 0 Å². The van der Waals surface area contributed by atoms with E-state index in [-0.39, 0.29) is 41.8 Å². The molecular weight excluding hydrogens is 422 g/mol. The van der Waals surface area contributed by atoms with Crippen LogP contribution in [-0.2, 0) is 22.6 Å². The summed E-state index contributed by atoms with van der Waals surface area (Å²) in [6, 6.07) is 9.36. The van der Waals surface area contributed by atoms with Gasteiger partial charge in [-0.05, 0) is 39.7 Å². The summed E-state index contributed by atoms with van der Waals surface area (Å²) in [4.78, 5) is 40.0. The second-order valence-corrected chi connectivity index (χ2v) is 8.91. The molecule has 0 saturated carbocycles. The van der Waals surface area contributed by atoms with Crippen molar-refractivity contribution in [3.8, 4) is 0 Å². The molecule has 178 valence electrons. The molecule has 9 nitrogen and oxygen atoms in total. The minimum Gasteiger partial charge on any atom is -0.379 e. The van der Waals surface area contributed by atoms with Crippen molar-refractivity contribution < 1.29 is 19.1 Å². The maximum Gasteiger partial charge on any atom is 0.272 e. The molecule has 2 heterocycles. The van der Waals surface area contributed by atoms with Gasteiger partial charge in [0.15, 0.2) is 5.69 Å². The van der Waals surface area contributed by atoms with Crippen molar-refractivity contribution in [1.29, 1.82) is 0 Å². The normalized spacial score (nSPS) is 17.8. The van der Waals surface area contributed by atoms with E-state index in [0.717, 1.165) is 11.1 Å². The smallest absolute Gasteiger partial charge is 0.272 e. The lowest BCUT2D eigenvalue weighted by molar-refractivity contribution is -0.132. The molecular formula is C24H33N5O4. The van der Waals surface area contributed by atoms with Gasteiger partial charge in [0.25, 0.3) is 11.8 Å². The standard InChI is InChI=1S/C24H33N5O4/c1-16(2)33-12-6-11-25-21(30)19-13-20-22(31)28(5)24(4,15-29(20)27-19)23(32)26-14-18-9-7-17(3)8-10-18/h7-10,13,16H,6,11-12,14-15H2,1-5H3,(H,25,30)(H,26,32)/t24-/m1/s1. The van der Waals surface area contributed by atoms with E-state index >= 15 is 0 Å². The SMILES string of the molecule is Cc1ccc(CNC(=O)[C@@]2(C)Cn3nc(C(=O)NCCCOC(C)C)cc3C(=O)N2C)cc1. The third kappa shape index (κ3) is 5.60. The Morgan fingerprint density at radius 3 is 2.58 bits per heavy atom. The van der Waals surface area contributed by atoms with Crippen molar-refractivity contribution in [1.82, 2.24) is 25.3 Å². The number of hydrogen-bond acceptors (Lipinski definition) is 5. The first-order chi connectivity index (χ1) is 15.6. The molecule has 3 rings (SSSR count). The first-order valence-electron chi connectivity index (χ1n) is 11.2. The van der Waals surface area contributed by atoms with E-state index in [1.165, 1.54) is 15.6 Å². The average molecular weight is 456 g/mol. The van der Waals surface area contributed by atoms with Crippen LogP contribution in [0.1, 0.15) is 59.3 Å². The molecule has 0 spiro atoms. The van der Waals surface area contributed by atoms with E-state index in [2.05, 4.69) is 15.7 Å². The summed E-state index contributed by atoms with van der Waals surface area (Å²) >= 11 is 0. The van der Waals surface area contributed by atoms with Crippen LogP contribution in [0.4, 0.5) is 0 Å². The molecule has 1 aliphatic rings. The van der Waals surface area contributed by atoms with Gasteiger partial charge in [-0.2, -0.15) is 5.10 Å². The zero-order chi connectivity index (χ0) is 24.2. The number of carbonyl (C=O) groups excluding carboxylic acids is 3. The number of amides is 3. The number of ether oxygens (including phenoxy) is 1. The van der Waals surface area contributed by atoms with E-state index in [9.17, 15) is 14.4 Å². The van der Waals surface area contributed by atoms with Crippen molar-refractivity contribution in [3.63, 3.8) is 0 Å². The predicted molar refractivity (Wildman–Crippen MR) is 124 cm³/mol. The van der Waals surface area contributed by atoms with Gasteiger partial charge in [0.1, 0.15) is 11.2 Å². The number of carbonyl (C=O) groups is 3. The van der Waals surface area contributed by atoms with Crippen molar-refractivity contribution in [2.24, 2.45) is 0 Å². The van der Waals surface area contributed by atoms with Gasteiger partial charge in [0, 0.05) is 32.8 Å². The zero-order valence-electron chi connectivity index (χ0n) is 20.0. The van der Waals surface area contributed by atoms with Crippen LogP contribution in [0.3, 0.4) is 0 Å². The molecule has 2 N–H and O–H groups in total. The summed E-state index contributed by atoms with van der Waals surface area (Å²) < 4.78 is 6.91. The summed E-state index contributed by atoms with van der Waals surface area (Å²) in [6.45, 7) is 9.13. The topological polar surface area (TPSA) is 106 Å². The largest absolute Gasteiger partial charge is 0.379 e. The van der Waals surface area contributed by atoms with Crippen molar-refractivity contribution in [2.75, 3.05) is 20.2 Å². The fourth-order valence-electron chi connectivity index (χ4n) is 3.60. The molecule has 1 atom stereocenters. The molecule has 3 amide bonds. The minimum absolute atomic E-state index is 0.145. The van der Waals surface area contributed by atoms with Crippen LogP contribution in [0.15, 0.2) is 30.3 Å². The van der Waals surface area contributed by atoms with Gasteiger partial charge in [0.2, 0.25) is 5.91 Å². The molecule has 2 aromatic rings. The molecule has 0 aliphatic carbocycles. The number of nitrogens with zero attached hydrogens (tertiary/aromatic N) is 3. The second kappa shape index (κ2) is 10.2. The number of rotatable bonds is 9. The first kappa shape index (κ1) is 24.4. The second-order valence-electron chi connectivity index (χ2n) is 8.91. The lowest BCUT2D eigenvalue weighted by Crippen LogP contribution is -2.62. The van der Waals surface area contributed by atoms with Gasteiger partial charge in [0.05, 0.1) is 12.6 Å². The third-order valence-electron chi connectivity index (χ3n) is 5.85. The molecule has 0 bridgehead atoms. The van der Waals surface area contributed by atoms with Gasteiger partial charge in [-0.3, -0.25) is 19.1 Å². The van der Waals surface area contributed by atoms with Crippen molar-refractivity contribution >= 4 is 17.7 Å². The van der Waals surface area contributed by atoms with Gasteiger partial charge in [-0.15, -0.1) is 0 Å². The van der Waals surface area contributed by atoms with E-state index in [1.807, 2.05) is 45.0 Å². The van der Waals surface area contributed by atoms with E-state index in [0.29, 0.717) is 26.1 Å². The Labute approximate surface area is 194 Å². The van der Waals surface area contributed by atoms with Crippen LogP contribution in [0.5, 0.6) is 0 Å². The Morgan fingerprint density at radius 1 is 1.21 bits per heavy atom. The van der Waals surface area contributed by atoms with Crippen LogP contribution in [0, 0.1) is 6.92 Å². The fraction of sp³-hybridized carbons (Fsp3) is 0.500. The third-order valence-corrected chi connectivity index (χ3v) is 5.85. The number of aromatic nitrogens is 2. The molecule has 1 aliphatic heterocycles. The van der Waals surface area contributed by atoms with Gasteiger partial charge in [-0.1, -0.05) is 29.8 Å². The summed E-state index contributed by atoms with van der Waals surface area (Å²) in [5, 5.41) is 10.0. The first-order valence-corrected chi connectivity index (χ1v) is 11.2. The van der Waals surface area contributed by atoms with Crippen LogP contribution in [0.2, 0.25) is 0 Å². The Morgan fingerprint density at radius 2 is 1.91 bits per heavy atom.